The van der Waals surface area contributed by atoms with Crippen LogP contribution in [-0.2, 0) is 20.7 Å². The zero-order chi connectivity index (χ0) is 16.1. The molecule has 0 unspecified atom stereocenters. The van der Waals surface area contributed by atoms with Gasteiger partial charge in [-0.25, -0.2) is 0 Å². The van der Waals surface area contributed by atoms with Crippen LogP contribution in [0.5, 0.6) is 0 Å². The summed E-state index contributed by atoms with van der Waals surface area (Å²) in [4.78, 5) is 27.3. The molecule has 1 aliphatic heterocycles. The fourth-order valence-corrected chi connectivity index (χ4v) is 3.76. The summed E-state index contributed by atoms with van der Waals surface area (Å²) < 4.78 is 5.39. The fourth-order valence-electron chi connectivity index (χ4n) is 2.78. The van der Waals surface area contributed by atoms with Crippen molar-refractivity contribution in [1.29, 1.82) is 0 Å². The average Bonchev–Trinajstić information content (AvgIpc) is 2.76. The Morgan fingerprint density at radius 3 is 2.86 bits per heavy atom. The third kappa shape index (κ3) is 4.81. The molecule has 5 nitrogen and oxygen atoms in total. The van der Waals surface area contributed by atoms with Crippen LogP contribution < -0.4 is 0 Å². The largest absolute Gasteiger partial charge is 0.481 e. The topological polar surface area (TPSA) is 66.8 Å². The zero-order valence-electron chi connectivity index (χ0n) is 13.1. The van der Waals surface area contributed by atoms with Crippen molar-refractivity contribution in [3.05, 3.63) is 21.4 Å². The third-order valence-electron chi connectivity index (χ3n) is 3.87. The highest BCUT2D eigenvalue weighted by Crippen LogP contribution is 2.22. The van der Waals surface area contributed by atoms with Crippen molar-refractivity contribution >= 4 is 23.2 Å². The summed E-state index contributed by atoms with van der Waals surface area (Å²) in [6, 6.07) is 2.20. The predicted octanol–water partition coefficient (Wildman–Crippen LogP) is 2.39. The van der Waals surface area contributed by atoms with E-state index in [0.717, 1.165) is 12.8 Å². The van der Waals surface area contributed by atoms with Gasteiger partial charge in [0.25, 0.3) is 0 Å². The molecule has 0 spiro atoms. The minimum absolute atomic E-state index is 0.0445. The van der Waals surface area contributed by atoms with Crippen molar-refractivity contribution in [2.45, 2.75) is 45.6 Å². The highest BCUT2D eigenvalue weighted by Gasteiger charge is 2.25. The number of hydrogen-bond acceptors (Lipinski definition) is 4. The molecule has 0 saturated carbocycles. The summed E-state index contributed by atoms with van der Waals surface area (Å²) in [7, 11) is 0. The quantitative estimate of drug-likeness (QED) is 0.872. The van der Waals surface area contributed by atoms with Crippen molar-refractivity contribution in [3.63, 3.8) is 0 Å². The van der Waals surface area contributed by atoms with E-state index in [1.54, 1.807) is 16.2 Å². The second kappa shape index (κ2) is 7.74. The van der Waals surface area contributed by atoms with E-state index in [9.17, 15) is 9.59 Å². The molecule has 1 aromatic rings. The predicted molar refractivity (Wildman–Crippen MR) is 85.3 cm³/mol. The van der Waals surface area contributed by atoms with Gasteiger partial charge in [0.2, 0.25) is 5.91 Å². The van der Waals surface area contributed by atoms with Crippen molar-refractivity contribution in [1.82, 2.24) is 4.90 Å². The van der Waals surface area contributed by atoms with Crippen LogP contribution in [0.2, 0.25) is 0 Å². The van der Waals surface area contributed by atoms with Gasteiger partial charge >= 0.3 is 5.97 Å². The number of thiophene rings is 1. The Hall–Kier alpha value is -1.40. The van der Waals surface area contributed by atoms with Crippen molar-refractivity contribution in [3.8, 4) is 0 Å². The maximum Gasteiger partial charge on any atom is 0.306 e. The van der Waals surface area contributed by atoms with Gasteiger partial charge in [0.1, 0.15) is 0 Å². The average molecular weight is 325 g/mol. The summed E-state index contributed by atoms with van der Waals surface area (Å²) in [6.45, 7) is 5.59. The first-order valence-electron chi connectivity index (χ1n) is 7.63. The number of amides is 1. The monoisotopic (exact) mass is 325 g/mol. The van der Waals surface area contributed by atoms with Crippen molar-refractivity contribution in [2.24, 2.45) is 0 Å². The van der Waals surface area contributed by atoms with E-state index >= 15 is 0 Å². The highest BCUT2D eigenvalue weighted by molar-refractivity contribution is 7.12. The Balaban J connectivity index is 1.77. The summed E-state index contributed by atoms with van der Waals surface area (Å²) in [5.41, 5.74) is 1.33. The maximum absolute atomic E-state index is 12.2. The van der Waals surface area contributed by atoms with Gasteiger partial charge in [-0.15, -0.1) is 11.3 Å². The summed E-state index contributed by atoms with van der Waals surface area (Å²) in [6.07, 6.45) is 1.84. The zero-order valence-corrected chi connectivity index (χ0v) is 13.9. The van der Waals surface area contributed by atoms with Crippen LogP contribution in [0.25, 0.3) is 0 Å². The van der Waals surface area contributed by atoms with Gasteiger partial charge in [-0.1, -0.05) is 0 Å². The minimum atomic E-state index is -0.886. The van der Waals surface area contributed by atoms with Gasteiger partial charge in [-0.05, 0) is 38.3 Å². The number of aryl methyl sites for hydroxylation is 3. The highest BCUT2D eigenvalue weighted by atomic mass is 32.1. The fraction of sp³-hybridized carbons (Fsp3) is 0.625. The number of hydrogen-bond donors (Lipinski definition) is 1. The smallest absolute Gasteiger partial charge is 0.306 e. The van der Waals surface area contributed by atoms with Gasteiger partial charge in [0, 0.05) is 29.3 Å². The Kier molecular flexibility index (Phi) is 5.97. The molecule has 1 aromatic heterocycles. The molecule has 2 rings (SSSR count). The van der Waals surface area contributed by atoms with Crippen LogP contribution in [0.4, 0.5) is 0 Å². The lowest BCUT2D eigenvalue weighted by atomic mass is 10.1. The van der Waals surface area contributed by atoms with Crippen LogP contribution in [-0.4, -0.2) is 47.7 Å². The molecule has 0 aliphatic carbocycles. The lowest BCUT2D eigenvalue weighted by Gasteiger charge is -2.32. The number of nitrogens with zero attached hydrogens (tertiary/aromatic N) is 1. The van der Waals surface area contributed by atoms with E-state index in [1.165, 1.54) is 15.3 Å². The molecule has 0 aromatic carbocycles. The molecule has 1 atom stereocenters. The van der Waals surface area contributed by atoms with Gasteiger partial charge < -0.3 is 14.7 Å². The Labute approximate surface area is 134 Å². The van der Waals surface area contributed by atoms with Crippen LogP contribution in [0.3, 0.4) is 0 Å². The van der Waals surface area contributed by atoms with Crippen molar-refractivity contribution in [2.75, 3.05) is 19.7 Å². The molecule has 0 radical (unpaired) electrons. The first kappa shape index (κ1) is 17.0. The molecule has 0 bridgehead atoms. The molecule has 2 heterocycles. The van der Waals surface area contributed by atoms with E-state index in [1.807, 2.05) is 0 Å². The first-order valence-corrected chi connectivity index (χ1v) is 8.44. The molecule has 1 amide bonds. The number of carbonyl (C=O) groups is 2. The standard InChI is InChI=1S/C16H23NO4S/c1-11-8-13(12(2)22-11)4-3-5-15(18)17-6-7-21-14(10-17)9-16(19)20/h8,14H,3-7,9-10H2,1-2H3,(H,19,20)/t14-/m1/s1. The Bertz CT molecular complexity index is 540. The second-order valence-corrected chi connectivity index (χ2v) is 7.18. The summed E-state index contributed by atoms with van der Waals surface area (Å²) in [5.74, 6) is -0.786. The van der Waals surface area contributed by atoms with E-state index < -0.39 is 5.97 Å². The van der Waals surface area contributed by atoms with Crippen LogP contribution in [0.15, 0.2) is 6.07 Å². The van der Waals surface area contributed by atoms with E-state index in [4.69, 9.17) is 9.84 Å². The van der Waals surface area contributed by atoms with Gasteiger partial charge in [-0.3, -0.25) is 9.59 Å². The number of ether oxygens (including phenoxy) is 1. The van der Waals surface area contributed by atoms with Crippen molar-refractivity contribution < 1.29 is 19.4 Å². The molecule has 122 valence electrons. The van der Waals surface area contributed by atoms with Crippen LogP contribution >= 0.6 is 11.3 Å². The second-order valence-electron chi connectivity index (χ2n) is 5.72. The lowest BCUT2D eigenvalue weighted by molar-refractivity contribution is -0.147. The molecule has 1 aliphatic rings. The number of morpholine rings is 1. The molecule has 1 N–H and O–H groups in total. The normalized spacial score (nSPS) is 18.5. The van der Waals surface area contributed by atoms with Gasteiger partial charge in [0.05, 0.1) is 19.1 Å². The number of carbonyl (C=O) groups excluding carboxylic acids is 1. The molecule has 1 saturated heterocycles. The van der Waals surface area contributed by atoms with E-state index in [-0.39, 0.29) is 18.4 Å². The third-order valence-corrected chi connectivity index (χ3v) is 4.88. The van der Waals surface area contributed by atoms with E-state index in [0.29, 0.717) is 26.1 Å². The maximum atomic E-state index is 12.2. The molecule has 22 heavy (non-hydrogen) atoms. The Morgan fingerprint density at radius 1 is 1.45 bits per heavy atom. The molecular weight excluding hydrogens is 302 g/mol. The number of aliphatic carboxylic acids is 1. The van der Waals surface area contributed by atoms with Crippen LogP contribution in [0, 0.1) is 13.8 Å². The van der Waals surface area contributed by atoms with E-state index in [2.05, 4.69) is 19.9 Å². The molecular formula is C16H23NO4S. The lowest BCUT2D eigenvalue weighted by Crippen LogP contribution is -2.46. The summed E-state index contributed by atoms with van der Waals surface area (Å²) in [5, 5.41) is 8.80. The molecule has 1 fully saturated rings. The van der Waals surface area contributed by atoms with Gasteiger partial charge in [-0.2, -0.15) is 0 Å². The first-order chi connectivity index (χ1) is 10.5. The number of carboxylic acid groups (broad SMARTS) is 1. The summed E-state index contributed by atoms with van der Waals surface area (Å²) >= 11 is 1.79. The number of carboxylic acids is 1. The number of rotatable bonds is 6. The molecule has 6 heteroatoms. The Morgan fingerprint density at radius 2 is 2.23 bits per heavy atom. The van der Waals surface area contributed by atoms with Crippen LogP contribution in [0.1, 0.15) is 34.6 Å². The SMILES string of the molecule is Cc1cc(CCCC(=O)N2CCO[C@H](CC(=O)O)C2)c(C)s1. The minimum Gasteiger partial charge on any atom is -0.481 e. The van der Waals surface area contributed by atoms with Gasteiger partial charge in [0.15, 0.2) is 0 Å².